The van der Waals surface area contributed by atoms with Gasteiger partial charge in [-0.15, -0.1) is 0 Å². The first kappa shape index (κ1) is 10.9. The van der Waals surface area contributed by atoms with E-state index in [1.165, 1.54) is 5.56 Å². The quantitative estimate of drug-likeness (QED) is 0.739. The predicted molar refractivity (Wildman–Crippen MR) is 64.0 cm³/mol. The Morgan fingerprint density at radius 1 is 1.12 bits per heavy atom. The highest BCUT2D eigenvalue weighted by atomic mass is 35.5. The van der Waals surface area contributed by atoms with E-state index in [2.05, 4.69) is 16.0 Å². The molecule has 0 saturated heterocycles. The maximum Gasteiger partial charge on any atom is 0.197 e. The van der Waals surface area contributed by atoms with Crippen molar-refractivity contribution in [2.45, 2.75) is 12.3 Å². The van der Waals surface area contributed by atoms with E-state index in [0.717, 1.165) is 12.0 Å². The molecule has 0 saturated carbocycles. The monoisotopic (exact) mass is 268 g/mol. The molecule has 1 aromatic carbocycles. The van der Waals surface area contributed by atoms with Crippen molar-refractivity contribution in [2.75, 3.05) is 0 Å². The summed E-state index contributed by atoms with van der Waals surface area (Å²) in [4.78, 5) is 7.90. The minimum absolute atomic E-state index is 0.0711. The topological polar surface area (TPSA) is 25.8 Å². The predicted octanol–water partition coefficient (Wildman–Crippen LogP) is 3.61. The minimum atomic E-state index is -0.760. The summed E-state index contributed by atoms with van der Waals surface area (Å²) in [5.41, 5.74) is 2.42. The molecule has 1 atom stereocenters. The first-order chi connectivity index (χ1) is 8.16. The molecule has 1 heterocycles. The summed E-state index contributed by atoms with van der Waals surface area (Å²) >= 11 is 11.3. The summed E-state index contributed by atoms with van der Waals surface area (Å²) in [5, 5.41) is -0.436. The van der Waals surface area contributed by atoms with Crippen LogP contribution in [-0.2, 0) is 6.42 Å². The van der Waals surface area contributed by atoms with Crippen LogP contribution in [0.15, 0.2) is 24.3 Å². The zero-order chi connectivity index (χ0) is 12.0. The fourth-order valence-electron chi connectivity index (χ4n) is 2.05. The Labute approximate surface area is 107 Å². The van der Waals surface area contributed by atoms with Crippen LogP contribution >= 0.6 is 23.2 Å². The fraction of sp³-hybridized carbons (Fsp3) is 0.167. The van der Waals surface area contributed by atoms with Crippen LogP contribution < -0.4 is 0 Å². The number of hydrogen-bond acceptors (Lipinski definition) is 2. The molecule has 3 rings (SSSR count). The molecule has 0 radical (unpaired) electrons. The van der Waals surface area contributed by atoms with Crippen LogP contribution in [0.3, 0.4) is 0 Å². The Balaban J connectivity index is 2.03. The van der Waals surface area contributed by atoms with Gasteiger partial charge in [0.05, 0.1) is 0 Å². The Hall–Kier alpha value is -1.19. The summed E-state index contributed by atoms with van der Waals surface area (Å²) < 4.78 is 13.2. The van der Waals surface area contributed by atoms with Gasteiger partial charge in [0, 0.05) is 5.92 Å². The van der Waals surface area contributed by atoms with Gasteiger partial charge in [0.2, 0.25) is 0 Å². The average Bonchev–Trinajstić information content (AvgIpc) is 2.27. The van der Waals surface area contributed by atoms with Crippen molar-refractivity contribution >= 4 is 23.2 Å². The minimum Gasteiger partial charge on any atom is -0.217 e. The first-order valence-corrected chi connectivity index (χ1v) is 5.88. The summed E-state index contributed by atoms with van der Waals surface area (Å²) in [7, 11) is 0. The first-order valence-electron chi connectivity index (χ1n) is 5.13. The van der Waals surface area contributed by atoms with Crippen molar-refractivity contribution in [3.63, 3.8) is 0 Å². The van der Waals surface area contributed by atoms with Crippen molar-refractivity contribution in [1.29, 1.82) is 0 Å². The molecule has 0 aliphatic heterocycles. The highest BCUT2D eigenvalue weighted by Crippen LogP contribution is 2.39. The second kappa shape index (κ2) is 3.93. The molecule has 1 aliphatic rings. The standard InChI is InChI=1S/C12H7Cl2FN2/c13-10-9(15)11(14)17-12(16-10)8-5-6-3-1-2-4-7(6)8/h1-4,8H,5H2. The second-order valence-electron chi connectivity index (χ2n) is 3.93. The highest BCUT2D eigenvalue weighted by Gasteiger charge is 2.30. The van der Waals surface area contributed by atoms with E-state index in [1.807, 2.05) is 18.2 Å². The smallest absolute Gasteiger partial charge is 0.197 e. The SMILES string of the molecule is Fc1c(Cl)nc(C2Cc3ccccc32)nc1Cl. The Morgan fingerprint density at radius 3 is 2.41 bits per heavy atom. The zero-order valence-corrected chi connectivity index (χ0v) is 10.1. The van der Waals surface area contributed by atoms with Gasteiger partial charge in [-0.1, -0.05) is 47.5 Å². The summed E-state index contributed by atoms with van der Waals surface area (Å²) in [5.74, 6) is -0.202. The van der Waals surface area contributed by atoms with E-state index in [1.54, 1.807) is 0 Å². The Kier molecular flexibility index (Phi) is 2.53. The molecule has 86 valence electrons. The third-order valence-corrected chi connectivity index (χ3v) is 3.45. The van der Waals surface area contributed by atoms with Crippen LogP contribution in [0.25, 0.3) is 0 Å². The van der Waals surface area contributed by atoms with E-state index < -0.39 is 5.82 Å². The van der Waals surface area contributed by atoms with Crippen LogP contribution in [0.4, 0.5) is 4.39 Å². The molecule has 0 fully saturated rings. The molecule has 2 nitrogen and oxygen atoms in total. The van der Waals surface area contributed by atoms with E-state index in [0.29, 0.717) is 5.82 Å². The van der Waals surface area contributed by atoms with Crippen LogP contribution in [0.2, 0.25) is 10.3 Å². The summed E-state index contributed by atoms with van der Waals surface area (Å²) in [6, 6.07) is 8.01. The molecule has 1 aliphatic carbocycles. The third-order valence-electron chi connectivity index (χ3n) is 2.95. The largest absolute Gasteiger partial charge is 0.217 e. The molecule has 1 unspecified atom stereocenters. The van der Waals surface area contributed by atoms with Crippen molar-refractivity contribution in [2.24, 2.45) is 0 Å². The van der Waals surface area contributed by atoms with Crippen molar-refractivity contribution < 1.29 is 4.39 Å². The van der Waals surface area contributed by atoms with Gasteiger partial charge >= 0.3 is 0 Å². The van der Waals surface area contributed by atoms with E-state index in [4.69, 9.17) is 23.2 Å². The van der Waals surface area contributed by atoms with Crippen molar-refractivity contribution in [1.82, 2.24) is 9.97 Å². The summed E-state index contributed by atoms with van der Waals surface area (Å²) in [6.45, 7) is 0. The van der Waals surface area contributed by atoms with E-state index >= 15 is 0 Å². The van der Waals surface area contributed by atoms with Crippen LogP contribution in [0.5, 0.6) is 0 Å². The maximum absolute atomic E-state index is 13.2. The number of hydrogen-bond donors (Lipinski definition) is 0. The second-order valence-corrected chi connectivity index (χ2v) is 4.65. The number of fused-ring (bicyclic) bond motifs is 1. The molecule has 0 N–H and O–H groups in total. The Bertz CT molecular complexity index is 578. The van der Waals surface area contributed by atoms with Gasteiger partial charge in [-0.25, -0.2) is 14.4 Å². The van der Waals surface area contributed by atoms with Gasteiger partial charge in [0.15, 0.2) is 16.1 Å². The van der Waals surface area contributed by atoms with Gasteiger partial charge < -0.3 is 0 Å². The molecule has 2 aromatic rings. The molecule has 0 spiro atoms. The molecular formula is C12H7Cl2FN2. The van der Waals surface area contributed by atoms with E-state index in [-0.39, 0.29) is 16.2 Å². The van der Waals surface area contributed by atoms with Gasteiger partial charge in [-0.2, -0.15) is 0 Å². The van der Waals surface area contributed by atoms with Gasteiger partial charge in [0.25, 0.3) is 0 Å². The number of rotatable bonds is 1. The van der Waals surface area contributed by atoms with Gasteiger partial charge in [0.1, 0.15) is 5.82 Å². The fourth-order valence-corrected chi connectivity index (χ4v) is 2.45. The highest BCUT2D eigenvalue weighted by molar-refractivity contribution is 6.33. The van der Waals surface area contributed by atoms with E-state index in [9.17, 15) is 4.39 Å². The van der Waals surface area contributed by atoms with Gasteiger partial charge in [-0.05, 0) is 17.5 Å². The summed E-state index contributed by atoms with van der Waals surface area (Å²) in [6.07, 6.45) is 0.842. The lowest BCUT2D eigenvalue weighted by Crippen LogP contribution is -2.20. The molecular weight excluding hydrogens is 262 g/mol. The third kappa shape index (κ3) is 1.70. The van der Waals surface area contributed by atoms with Crippen LogP contribution in [0.1, 0.15) is 22.9 Å². The zero-order valence-electron chi connectivity index (χ0n) is 8.62. The lowest BCUT2D eigenvalue weighted by molar-refractivity contribution is 0.594. The van der Waals surface area contributed by atoms with Crippen LogP contribution in [0, 0.1) is 5.82 Å². The van der Waals surface area contributed by atoms with Crippen molar-refractivity contribution in [3.05, 3.63) is 57.3 Å². The molecule has 0 bridgehead atoms. The number of benzene rings is 1. The molecule has 5 heteroatoms. The lowest BCUT2D eigenvalue weighted by atomic mass is 9.77. The normalized spacial score (nSPS) is 17.5. The maximum atomic E-state index is 13.2. The average molecular weight is 269 g/mol. The Morgan fingerprint density at radius 2 is 1.76 bits per heavy atom. The molecule has 17 heavy (non-hydrogen) atoms. The number of nitrogens with zero attached hydrogens (tertiary/aromatic N) is 2. The lowest BCUT2D eigenvalue weighted by Gasteiger charge is -2.28. The number of aromatic nitrogens is 2. The van der Waals surface area contributed by atoms with Gasteiger partial charge in [-0.3, -0.25) is 0 Å². The van der Waals surface area contributed by atoms with Crippen molar-refractivity contribution in [3.8, 4) is 0 Å². The molecule has 1 aromatic heterocycles. The van der Waals surface area contributed by atoms with Crippen LogP contribution in [-0.4, -0.2) is 9.97 Å². The number of halogens is 3. The molecule has 0 amide bonds.